The number of ether oxygens (including phenoxy) is 2. The standard InChI is InChI=1S/C22H24N2O7S2/c1-30-21(26)14-10-15(22(27)31-2)12-16(11-14)23-33(28,29)17-6-7-19(32-3)18(13-17)20(25)24-8-4-5-9-24/h6-7,10-13,23H,4-5,8-9H2,1-3H3. The van der Waals surface area contributed by atoms with Gasteiger partial charge in [-0.1, -0.05) is 0 Å². The van der Waals surface area contributed by atoms with Crippen LogP contribution in [0, 0.1) is 0 Å². The molecule has 0 atom stereocenters. The van der Waals surface area contributed by atoms with Crippen molar-refractivity contribution in [3.05, 3.63) is 53.1 Å². The number of hydrogen-bond acceptors (Lipinski definition) is 8. The first-order valence-electron chi connectivity index (χ1n) is 10.0. The van der Waals surface area contributed by atoms with Gasteiger partial charge in [0.2, 0.25) is 0 Å². The molecule has 11 heteroatoms. The Labute approximate surface area is 196 Å². The van der Waals surface area contributed by atoms with Gasteiger partial charge in [-0.25, -0.2) is 18.0 Å². The summed E-state index contributed by atoms with van der Waals surface area (Å²) in [7, 11) is -1.81. The van der Waals surface area contributed by atoms with Crippen molar-refractivity contribution < 1.29 is 32.3 Å². The van der Waals surface area contributed by atoms with E-state index < -0.39 is 22.0 Å². The van der Waals surface area contributed by atoms with Gasteiger partial charge in [-0.15, -0.1) is 11.8 Å². The fourth-order valence-corrected chi connectivity index (χ4v) is 5.12. The van der Waals surface area contributed by atoms with Crippen molar-refractivity contribution in [3.8, 4) is 0 Å². The summed E-state index contributed by atoms with van der Waals surface area (Å²) in [6.07, 6.45) is 3.65. The molecule has 1 fully saturated rings. The minimum atomic E-state index is -4.15. The highest BCUT2D eigenvalue weighted by molar-refractivity contribution is 7.98. The number of likely N-dealkylation sites (tertiary alicyclic amines) is 1. The number of anilines is 1. The Morgan fingerprint density at radius 1 is 0.939 bits per heavy atom. The molecule has 1 aliphatic heterocycles. The number of methoxy groups -OCH3 is 2. The summed E-state index contributed by atoms with van der Waals surface area (Å²) in [6, 6.07) is 8.09. The third-order valence-electron chi connectivity index (χ3n) is 5.13. The molecule has 2 aromatic rings. The van der Waals surface area contributed by atoms with E-state index in [1.54, 1.807) is 11.0 Å². The summed E-state index contributed by atoms with van der Waals surface area (Å²) in [5, 5.41) is 0. The molecule has 0 bridgehead atoms. The van der Waals surface area contributed by atoms with Crippen LogP contribution in [0.1, 0.15) is 43.9 Å². The number of benzene rings is 2. The van der Waals surface area contributed by atoms with Gasteiger partial charge < -0.3 is 14.4 Å². The van der Waals surface area contributed by atoms with Crippen LogP contribution in [-0.2, 0) is 19.5 Å². The van der Waals surface area contributed by atoms with Gasteiger partial charge in [0.05, 0.1) is 41.5 Å². The second-order valence-corrected chi connectivity index (χ2v) is 9.78. The Bertz CT molecular complexity index is 1150. The quantitative estimate of drug-likeness (QED) is 0.463. The number of carbonyl (C=O) groups is 3. The second kappa shape index (κ2) is 10.3. The number of esters is 2. The van der Waals surface area contributed by atoms with Crippen molar-refractivity contribution in [2.45, 2.75) is 22.6 Å². The molecule has 1 saturated heterocycles. The Morgan fingerprint density at radius 3 is 2.03 bits per heavy atom. The Kier molecular flexibility index (Phi) is 7.65. The summed E-state index contributed by atoms with van der Waals surface area (Å²) in [4.78, 5) is 39.2. The topological polar surface area (TPSA) is 119 Å². The van der Waals surface area contributed by atoms with Crippen LogP contribution in [-0.4, -0.2) is 64.7 Å². The molecule has 0 radical (unpaired) electrons. The van der Waals surface area contributed by atoms with Crippen molar-refractivity contribution in [3.63, 3.8) is 0 Å². The van der Waals surface area contributed by atoms with Gasteiger partial charge in [0.1, 0.15) is 0 Å². The van der Waals surface area contributed by atoms with E-state index in [1.807, 2.05) is 6.26 Å². The molecule has 33 heavy (non-hydrogen) atoms. The Hall–Kier alpha value is -3.05. The lowest BCUT2D eigenvalue weighted by Gasteiger charge is -2.18. The van der Waals surface area contributed by atoms with E-state index in [0.717, 1.165) is 12.8 Å². The van der Waals surface area contributed by atoms with Crippen LogP contribution in [0.4, 0.5) is 5.69 Å². The van der Waals surface area contributed by atoms with Gasteiger partial charge in [0.25, 0.3) is 15.9 Å². The molecule has 0 spiro atoms. The number of sulfonamides is 1. The minimum absolute atomic E-state index is 0.0271. The highest BCUT2D eigenvalue weighted by Crippen LogP contribution is 2.28. The van der Waals surface area contributed by atoms with Gasteiger partial charge in [-0.3, -0.25) is 9.52 Å². The maximum absolute atomic E-state index is 13.1. The SMILES string of the molecule is COC(=O)c1cc(NS(=O)(=O)c2ccc(SC)c(C(=O)N3CCCC3)c2)cc(C(=O)OC)c1. The number of thioether (sulfide) groups is 1. The van der Waals surface area contributed by atoms with Crippen LogP contribution in [0.5, 0.6) is 0 Å². The normalized spacial score (nSPS) is 13.5. The molecule has 1 N–H and O–H groups in total. The summed E-state index contributed by atoms with van der Waals surface area (Å²) in [5.74, 6) is -1.71. The van der Waals surface area contributed by atoms with Crippen molar-refractivity contribution in [1.82, 2.24) is 4.90 Å². The zero-order valence-electron chi connectivity index (χ0n) is 18.4. The van der Waals surface area contributed by atoms with Crippen molar-refractivity contribution in [2.24, 2.45) is 0 Å². The smallest absolute Gasteiger partial charge is 0.337 e. The van der Waals surface area contributed by atoms with Crippen molar-refractivity contribution >= 4 is 45.3 Å². The molecule has 0 aromatic heterocycles. The molecule has 0 aliphatic carbocycles. The largest absolute Gasteiger partial charge is 0.465 e. The Morgan fingerprint density at radius 2 is 1.52 bits per heavy atom. The van der Waals surface area contributed by atoms with E-state index in [9.17, 15) is 22.8 Å². The fourth-order valence-electron chi connectivity index (χ4n) is 3.48. The monoisotopic (exact) mass is 492 g/mol. The van der Waals surface area contributed by atoms with Gasteiger partial charge in [0, 0.05) is 18.0 Å². The maximum atomic E-state index is 13.1. The number of nitrogens with one attached hydrogen (secondary N) is 1. The van der Waals surface area contributed by atoms with E-state index in [0.29, 0.717) is 23.5 Å². The third-order valence-corrected chi connectivity index (χ3v) is 7.31. The van der Waals surface area contributed by atoms with Crippen LogP contribution in [0.2, 0.25) is 0 Å². The zero-order valence-corrected chi connectivity index (χ0v) is 20.0. The van der Waals surface area contributed by atoms with Crippen molar-refractivity contribution in [1.29, 1.82) is 0 Å². The molecular weight excluding hydrogens is 468 g/mol. The minimum Gasteiger partial charge on any atom is -0.465 e. The lowest BCUT2D eigenvalue weighted by molar-refractivity contribution is 0.0598. The summed E-state index contributed by atoms with van der Waals surface area (Å²) < 4.78 is 38.0. The lowest BCUT2D eigenvalue weighted by Crippen LogP contribution is -2.28. The van der Waals surface area contributed by atoms with Gasteiger partial charge in [-0.2, -0.15) is 0 Å². The zero-order chi connectivity index (χ0) is 24.2. The van der Waals surface area contributed by atoms with Crippen LogP contribution in [0.15, 0.2) is 46.2 Å². The maximum Gasteiger partial charge on any atom is 0.337 e. The van der Waals surface area contributed by atoms with E-state index in [4.69, 9.17) is 0 Å². The number of nitrogens with zero attached hydrogens (tertiary/aromatic N) is 1. The van der Waals surface area contributed by atoms with Crippen LogP contribution < -0.4 is 4.72 Å². The highest BCUT2D eigenvalue weighted by atomic mass is 32.2. The fraction of sp³-hybridized carbons (Fsp3) is 0.318. The lowest BCUT2D eigenvalue weighted by atomic mass is 10.1. The number of carbonyl (C=O) groups excluding carboxylic acids is 3. The predicted molar refractivity (Wildman–Crippen MR) is 123 cm³/mol. The molecule has 0 saturated carbocycles. The highest BCUT2D eigenvalue weighted by Gasteiger charge is 2.25. The second-order valence-electron chi connectivity index (χ2n) is 7.25. The first-order valence-corrected chi connectivity index (χ1v) is 12.7. The molecule has 176 valence electrons. The van der Waals surface area contributed by atoms with E-state index in [1.165, 1.54) is 56.3 Å². The molecule has 2 aromatic carbocycles. The molecule has 1 heterocycles. The number of hydrogen-bond donors (Lipinski definition) is 1. The van der Waals surface area contributed by atoms with Crippen LogP contribution in [0.3, 0.4) is 0 Å². The first kappa shape index (κ1) is 24.6. The van der Waals surface area contributed by atoms with E-state index >= 15 is 0 Å². The molecular formula is C22H24N2O7S2. The third kappa shape index (κ3) is 5.48. The molecule has 1 amide bonds. The summed E-state index contributed by atoms with van der Waals surface area (Å²) in [6.45, 7) is 1.27. The van der Waals surface area contributed by atoms with E-state index in [-0.39, 0.29) is 27.6 Å². The number of amides is 1. The van der Waals surface area contributed by atoms with Crippen LogP contribution in [0.25, 0.3) is 0 Å². The van der Waals surface area contributed by atoms with E-state index in [2.05, 4.69) is 14.2 Å². The predicted octanol–water partition coefficient (Wildman–Crippen LogP) is 3.02. The molecule has 9 nitrogen and oxygen atoms in total. The molecule has 1 aliphatic rings. The summed E-state index contributed by atoms with van der Waals surface area (Å²) in [5.41, 5.74) is 0.229. The van der Waals surface area contributed by atoms with Gasteiger partial charge >= 0.3 is 11.9 Å². The average Bonchev–Trinajstić information content (AvgIpc) is 3.36. The first-order chi connectivity index (χ1) is 15.7. The molecule has 0 unspecified atom stereocenters. The van der Waals surface area contributed by atoms with Gasteiger partial charge in [0.15, 0.2) is 0 Å². The number of rotatable bonds is 7. The summed E-state index contributed by atoms with van der Waals surface area (Å²) >= 11 is 1.36. The van der Waals surface area contributed by atoms with Crippen LogP contribution >= 0.6 is 11.8 Å². The average molecular weight is 493 g/mol. The Balaban J connectivity index is 1.99. The molecule has 3 rings (SSSR count). The van der Waals surface area contributed by atoms with Gasteiger partial charge in [-0.05, 0) is 55.5 Å². The van der Waals surface area contributed by atoms with Crippen molar-refractivity contribution in [2.75, 3.05) is 38.3 Å².